The Hall–Kier alpha value is -2.38. The second-order valence-corrected chi connectivity index (χ2v) is 20.7. The highest BCUT2D eigenvalue weighted by Crippen LogP contribution is 2.23. The van der Waals surface area contributed by atoms with Gasteiger partial charge in [0, 0.05) is 12.8 Å². The van der Waals surface area contributed by atoms with Gasteiger partial charge in [0.1, 0.15) is 24.4 Å². The quantitative estimate of drug-likeness (QED) is 0.0195. The molecule has 0 spiro atoms. The highest BCUT2D eigenvalue weighted by molar-refractivity contribution is 5.76. The Balaban J connectivity index is 2.06. The maximum Gasteiger partial charge on any atom is 0.305 e. The van der Waals surface area contributed by atoms with Crippen LogP contribution in [0.15, 0.2) is 48.6 Å². The van der Waals surface area contributed by atoms with Gasteiger partial charge in [0.05, 0.1) is 32.0 Å². The number of aliphatic hydroxyl groups is 5. The first-order valence-electron chi connectivity index (χ1n) is 29.9. The van der Waals surface area contributed by atoms with Crippen LogP contribution in [0.2, 0.25) is 0 Å². The largest absolute Gasteiger partial charge is 0.466 e. The van der Waals surface area contributed by atoms with Crippen molar-refractivity contribution >= 4 is 11.9 Å². The van der Waals surface area contributed by atoms with Gasteiger partial charge in [-0.2, -0.15) is 0 Å². The minimum atomic E-state index is -1.57. The minimum absolute atomic E-state index is 0.0165. The summed E-state index contributed by atoms with van der Waals surface area (Å²) in [4.78, 5) is 25.0. The number of allylic oxidation sites excluding steroid dienone is 7. The number of unbranched alkanes of at least 4 members (excludes halogenated alkanes) is 31. The maximum absolute atomic E-state index is 13.0. The van der Waals surface area contributed by atoms with E-state index in [0.717, 1.165) is 83.5 Å². The summed E-state index contributed by atoms with van der Waals surface area (Å²) in [5.41, 5.74) is 0. The summed E-state index contributed by atoms with van der Waals surface area (Å²) in [7, 11) is 0. The molecule has 1 fully saturated rings. The van der Waals surface area contributed by atoms with Gasteiger partial charge >= 0.3 is 5.97 Å². The topological polar surface area (TPSA) is 175 Å². The summed E-state index contributed by atoms with van der Waals surface area (Å²) in [6.45, 7) is 4.27. The Morgan fingerprint density at radius 3 is 1.46 bits per heavy atom. The molecule has 11 heteroatoms. The second-order valence-electron chi connectivity index (χ2n) is 20.7. The molecule has 1 heterocycles. The Labute approximate surface area is 440 Å². The molecule has 420 valence electrons. The molecule has 0 saturated carbocycles. The van der Waals surface area contributed by atoms with Gasteiger partial charge in [0.2, 0.25) is 5.91 Å². The van der Waals surface area contributed by atoms with Gasteiger partial charge in [-0.15, -0.1) is 0 Å². The lowest BCUT2D eigenvalue weighted by Gasteiger charge is -2.40. The average Bonchev–Trinajstić information content (AvgIpc) is 3.38. The predicted molar refractivity (Wildman–Crippen MR) is 297 cm³/mol. The highest BCUT2D eigenvalue weighted by atomic mass is 16.7. The number of hydrogen-bond donors (Lipinski definition) is 6. The van der Waals surface area contributed by atoms with Crippen molar-refractivity contribution in [2.24, 2.45) is 0 Å². The van der Waals surface area contributed by atoms with Crippen LogP contribution >= 0.6 is 0 Å². The lowest BCUT2D eigenvalue weighted by Crippen LogP contribution is -2.60. The summed E-state index contributed by atoms with van der Waals surface area (Å²) in [6.07, 6.45) is 53.5. The summed E-state index contributed by atoms with van der Waals surface area (Å²) >= 11 is 0. The Bertz CT molecular complexity index is 1340. The molecular formula is C61H111NO10. The Morgan fingerprint density at radius 2 is 0.944 bits per heavy atom. The van der Waals surface area contributed by atoms with Gasteiger partial charge in [-0.3, -0.25) is 9.59 Å². The zero-order valence-corrected chi connectivity index (χ0v) is 46.1. The summed E-state index contributed by atoms with van der Waals surface area (Å²) in [5, 5.41) is 54.2. The van der Waals surface area contributed by atoms with E-state index in [1.807, 2.05) is 6.08 Å². The summed E-state index contributed by atoms with van der Waals surface area (Å²) in [5.74, 6) is -0.211. The summed E-state index contributed by atoms with van der Waals surface area (Å²) in [6, 6.07) is -0.817. The van der Waals surface area contributed by atoms with E-state index < -0.39 is 49.5 Å². The molecule has 0 bridgehead atoms. The van der Waals surface area contributed by atoms with Crippen molar-refractivity contribution in [2.45, 2.75) is 307 Å². The van der Waals surface area contributed by atoms with Crippen LogP contribution in [0.25, 0.3) is 0 Å². The molecule has 72 heavy (non-hydrogen) atoms. The van der Waals surface area contributed by atoms with Gasteiger partial charge in [0.25, 0.3) is 0 Å². The monoisotopic (exact) mass is 1020 g/mol. The molecule has 11 nitrogen and oxygen atoms in total. The van der Waals surface area contributed by atoms with Crippen molar-refractivity contribution < 1.29 is 49.3 Å². The molecule has 7 atom stereocenters. The van der Waals surface area contributed by atoms with E-state index in [1.54, 1.807) is 6.08 Å². The molecule has 1 saturated heterocycles. The van der Waals surface area contributed by atoms with E-state index in [1.165, 1.54) is 154 Å². The van der Waals surface area contributed by atoms with Crippen LogP contribution in [0.1, 0.15) is 264 Å². The molecule has 1 rings (SSSR count). The maximum atomic E-state index is 13.0. The van der Waals surface area contributed by atoms with Gasteiger partial charge in [-0.1, -0.05) is 217 Å². The van der Waals surface area contributed by atoms with Crippen LogP contribution in [0.3, 0.4) is 0 Å². The highest BCUT2D eigenvalue weighted by Gasteiger charge is 2.44. The van der Waals surface area contributed by atoms with E-state index in [-0.39, 0.29) is 18.5 Å². The standard InChI is InChI=1S/C61H111NO10/c1-3-5-7-9-11-13-28-33-37-41-45-49-57(66)70-50-46-42-38-34-30-27-25-23-21-19-17-15-16-18-20-22-24-26-29-32-36-40-44-48-56(65)62-53(52-71-61-60(69)59(68)58(67)55(51-63)72-61)54(64)47-43-39-35-31-14-12-10-8-6-4-2/h9,11,15,17-18,20,43,47,53-55,58-61,63-64,67-69H,3-8,10,12-14,16,19,21-42,44-46,48-52H2,1-2H3,(H,62,65)/b11-9-,17-15-,20-18-,47-43+. The van der Waals surface area contributed by atoms with Gasteiger partial charge in [0.15, 0.2) is 6.29 Å². The van der Waals surface area contributed by atoms with E-state index in [4.69, 9.17) is 14.2 Å². The first-order valence-corrected chi connectivity index (χ1v) is 29.9. The predicted octanol–water partition coefficient (Wildman–Crippen LogP) is 13.7. The van der Waals surface area contributed by atoms with Crippen LogP contribution in [0, 0.1) is 0 Å². The smallest absolute Gasteiger partial charge is 0.305 e. The molecular weight excluding hydrogens is 907 g/mol. The number of esters is 1. The van der Waals surface area contributed by atoms with Crippen molar-refractivity contribution in [1.82, 2.24) is 5.32 Å². The fraction of sp³-hybridized carbons (Fsp3) is 0.836. The number of ether oxygens (including phenoxy) is 3. The van der Waals surface area contributed by atoms with Gasteiger partial charge < -0.3 is 45.1 Å². The fourth-order valence-electron chi connectivity index (χ4n) is 9.09. The molecule has 0 radical (unpaired) electrons. The van der Waals surface area contributed by atoms with Gasteiger partial charge in [-0.05, 0) is 83.5 Å². The van der Waals surface area contributed by atoms with Crippen LogP contribution in [-0.4, -0.2) is 100 Å². The minimum Gasteiger partial charge on any atom is -0.466 e. The van der Waals surface area contributed by atoms with E-state index in [9.17, 15) is 35.1 Å². The van der Waals surface area contributed by atoms with Crippen molar-refractivity contribution in [3.63, 3.8) is 0 Å². The summed E-state index contributed by atoms with van der Waals surface area (Å²) < 4.78 is 16.7. The SMILES string of the molecule is CCCC/C=C\CCCCCCCC(=O)OCCCCCCCCCCC/C=C\C/C=C\CCCCCCCCCC(=O)NC(COC1OC(CO)C(O)C(O)C1O)C(O)/C=C/CCCCCCCCCC. The molecule has 1 aliphatic heterocycles. The Morgan fingerprint density at radius 1 is 0.514 bits per heavy atom. The first kappa shape index (κ1) is 67.6. The molecule has 0 aromatic rings. The normalized spacial score (nSPS) is 19.3. The number of hydrogen-bond acceptors (Lipinski definition) is 10. The lowest BCUT2D eigenvalue weighted by molar-refractivity contribution is -0.302. The second kappa shape index (κ2) is 50.8. The first-order chi connectivity index (χ1) is 35.2. The zero-order valence-electron chi connectivity index (χ0n) is 46.1. The third-order valence-electron chi connectivity index (χ3n) is 13.9. The molecule has 0 aromatic carbocycles. The van der Waals surface area contributed by atoms with E-state index in [2.05, 4.69) is 55.6 Å². The van der Waals surface area contributed by atoms with Crippen molar-refractivity contribution in [1.29, 1.82) is 0 Å². The van der Waals surface area contributed by atoms with Crippen LogP contribution in [0.5, 0.6) is 0 Å². The number of carbonyl (C=O) groups is 2. The third kappa shape index (κ3) is 40.0. The lowest BCUT2D eigenvalue weighted by atomic mass is 9.99. The number of nitrogens with one attached hydrogen (secondary N) is 1. The molecule has 1 aliphatic rings. The van der Waals surface area contributed by atoms with Gasteiger partial charge in [-0.25, -0.2) is 0 Å². The number of aliphatic hydroxyl groups excluding tert-OH is 5. The molecule has 7 unspecified atom stereocenters. The average molecular weight is 1020 g/mol. The van der Waals surface area contributed by atoms with E-state index >= 15 is 0 Å². The van der Waals surface area contributed by atoms with Crippen molar-refractivity contribution in [3.05, 3.63) is 48.6 Å². The van der Waals surface area contributed by atoms with Crippen LogP contribution in [-0.2, 0) is 23.8 Å². The van der Waals surface area contributed by atoms with Crippen LogP contribution < -0.4 is 5.32 Å². The van der Waals surface area contributed by atoms with Crippen molar-refractivity contribution in [2.75, 3.05) is 19.8 Å². The molecule has 0 aromatic heterocycles. The molecule has 6 N–H and O–H groups in total. The molecule has 0 aliphatic carbocycles. The number of amides is 1. The third-order valence-corrected chi connectivity index (χ3v) is 13.9. The molecule has 1 amide bonds. The Kier molecular flexibility index (Phi) is 47.7. The van der Waals surface area contributed by atoms with E-state index in [0.29, 0.717) is 19.4 Å². The fourth-order valence-corrected chi connectivity index (χ4v) is 9.09. The van der Waals surface area contributed by atoms with Crippen molar-refractivity contribution in [3.8, 4) is 0 Å². The number of carbonyl (C=O) groups excluding carboxylic acids is 2. The zero-order chi connectivity index (χ0) is 52.4. The number of rotatable bonds is 51. The van der Waals surface area contributed by atoms with Crippen LogP contribution in [0.4, 0.5) is 0 Å².